The molecule has 8 heteroatoms. The smallest absolute Gasteiger partial charge is 0.327 e. The molecule has 2 rings (SSSR count). The third kappa shape index (κ3) is 2.42. The van der Waals surface area contributed by atoms with Gasteiger partial charge in [-0.2, -0.15) is 10.1 Å². The van der Waals surface area contributed by atoms with Crippen LogP contribution in [0.25, 0.3) is 5.78 Å². The van der Waals surface area contributed by atoms with Crippen LogP contribution in [0.1, 0.15) is 22.5 Å². The number of aryl methyl sites for hydroxylation is 1. The standard InChI is InChI=1S/C12H11N5O3/c1-3-4-9(11(19)20)16-10(18)8-5-13-12-14-6-15-17(12)7(8)2/h1,5-6,9H,4H2,2H3,(H,16,18)(H,19,20). The SMILES string of the molecule is C#CCC(NC(=O)c1cnc2ncnn2c1C)C(=O)O. The number of aliphatic carboxylic acids is 1. The van der Waals surface area contributed by atoms with Crippen molar-refractivity contribution in [3.8, 4) is 12.3 Å². The van der Waals surface area contributed by atoms with Crippen molar-refractivity contribution in [1.82, 2.24) is 24.9 Å². The number of rotatable bonds is 4. The van der Waals surface area contributed by atoms with Crippen LogP contribution >= 0.6 is 0 Å². The largest absolute Gasteiger partial charge is 0.480 e. The van der Waals surface area contributed by atoms with E-state index in [0.717, 1.165) is 0 Å². The maximum absolute atomic E-state index is 12.1. The van der Waals surface area contributed by atoms with Crippen LogP contribution in [0.3, 0.4) is 0 Å². The van der Waals surface area contributed by atoms with Crippen molar-refractivity contribution < 1.29 is 14.7 Å². The van der Waals surface area contributed by atoms with Crippen LogP contribution in [0.5, 0.6) is 0 Å². The van der Waals surface area contributed by atoms with Crippen LogP contribution in [-0.2, 0) is 4.79 Å². The van der Waals surface area contributed by atoms with Gasteiger partial charge in [-0.1, -0.05) is 0 Å². The summed E-state index contributed by atoms with van der Waals surface area (Å²) in [7, 11) is 0. The van der Waals surface area contributed by atoms with Gasteiger partial charge in [-0.3, -0.25) is 4.79 Å². The highest BCUT2D eigenvalue weighted by Gasteiger charge is 2.21. The number of amides is 1. The van der Waals surface area contributed by atoms with Crippen molar-refractivity contribution >= 4 is 17.7 Å². The van der Waals surface area contributed by atoms with E-state index in [0.29, 0.717) is 11.5 Å². The molecule has 1 amide bonds. The first kappa shape index (κ1) is 13.5. The normalized spacial score (nSPS) is 11.8. The summed E-state index contributed by atoms with van der Waals surface area (Å²) >= 11 is 0. The number of fused-ring (bicyclic) bond motifs is 1. The van der Waals surface area contributed by atoms with Crippen LogP contribution < -0.4 is 5.32 Å². The third-order valence-electron chi connectivity index (χ3n) is 2.72. The van der Waals surface area contributed by atoms with Gasteiger partial charge in [0.25, 0.3) is 11.7 Å². The molecule has 0 aromatic carbocycles. The van der Waals surface area contributed by atoms with Crippen molar-refractivity contribution in [2.75, 3.05) is 0 Å². The van der Waals surface area contributed by atoms with Gasteiger partial charge in [0.05, 0.1) is 11.3 Å². The Bertz CT molecular complexity index is 715. The second-order valence-corrected chi connectivity index (χ2v) is 4.00. The number of aromatic nitrogens is 4. The molecule has 0 fully saturated rings. The van der Waals surface area contributed by atoms with Gasteiger partial charge in [-0.15, -0.1) is 12.3 Å². The molecule has 102 valence electrons. The predicted octanol–water partition coefficient (Wildman–Crippen LogP) is -0.361. The zero-order chi connectivity index (χ0) is 14.7. The fourth-order valence-corrected chi connectivity index (χ4v) is 1.67. The number of hydrogen-bond acceptors (Lipinski definition) is 5. The summed E-state index contributed by atoms with van der Waals surface area (Å²) in [6, 6.07) is -1.14. The zero-order valence-corrected chi connectivity index (χ0v) is 10.6. The third-order valence-corrected chi connectivity index (χ3v) is 2.72. The average Bonchev–Trinajstić information content (AvgIpc) is 2.87. The molecule has 0 radical (unpaired) electrons. The Kier molecular flexibility index (Phi) is 3.61. The summed E-state index contributed by atoms with van der Waals surface area (Å²) in [6.07, 6.45) is 7.61. The van der Waals surface area contributed by atoms with Gasteiger partial charge in [0.1, 0.15) is 12.4 Å². The number of carbonyl (C=O) groups is 2. The van der Waals surface area contributed by atoms with Crippen molar-refractivity contribution in [1.29, 1.82) is 0 Å². The van der Waals surface area contributed by atoms with E-state index in [9.17, 15) is 9.59 Å². The lowest BCUT2D eigenvalue weighted by Crippen LogP contribution is -2.41. The first-order chi connectivity index (χ1) is 9.54. The van der Waals surface area contributed by atoms with Crippen LogP contribution in [0.15, 0.2) is 12.5 Å². The topological polar surface area (TPSA) is 109 Å². The Hall–Kier alpha value is -2.95. The molecule has 0 saturated carbocycles. The fraction of sp³-hybridized carbons (Fsp3) is 0.250. The van der Waals surface area contributed by atoms with Gasteiger partial charge in [0.15, 0.2) is 0 Å². The van der Waals surface area contributed by atoms with Crippen molar-refractivity contribution in [3.05, 3.63) is 23.8 Å². The summed E-state index contributed by atoms with van der Waals surface area (Å²) in [5.74, 6) is 0.801. The quantitative estimate of drug-likeness (QED) is 0.736. The van der Waals surface area contributed by atoms with E-state index in [4.69, 9.17) is 11.5 Å². The minimum Gasteiger partial charge on any atom is -0.480 e. The summed E-state index contributed by atoms with van der Waals surface area (Å²) in [5.41, 5.74) is 0.723. The van der Waals surface area contributed by atoms with Crippen LogP contribution in [-0.4, -0.2) is 42.6 Å². The molecule has 1 atom stereocenters. The molecule has 0 aliphatic rings. The molecule has 2 aromatic rings. The number of carboxylic acids is 1. The molecule has 2 aromatic heterocycles. The summed E-state index contributed by atoms with van der Waals surface area (Å²) in [6.45, 7) is 1.66. The second-order valence-electron chi connectivity index (χ2n) is 4.00. The molecule has 0 saturated heterocycles. The molecule has 1 unspecified atom stereocenters. The van der Waals surface area contributed by atoms with Gasteiger partial charge in [-0.25, -0.2) is 14.3 Å². The predicted molar refractivity (Wildman–Crippen MR) is 67.9 cm³/mol. The molecule has 8 nitrogen and oxygen atoms in total. The molecule has 0 spiro atoms. The number of nitrogens with one attached hydrogen (secondary N) is 1. The van der Waals surface area contributed by atoms with E-state index >= 15 is 0 Å². The van der Waals surface area contributed by atoms with E-state index in [1.807, 2.05) is 0 Å². The van der Waals surface area contributed by atoms with E-state index < -0.39 is 17.9 Å². The highest BCUT2D eigenvalue weighted by atomic mass is 16.4. The first-order valence-electron chi connectivity index (χ1n) is 5.67. The first-order valence-corrected chi connectivity index (χ1v) is 5.67. The van der Waals surface area contributed by atoms with E-state index in [2.05, 4.69) is 26.3 Å². The summed E-state index contributed by atoms with van der Waals surface area (Å²) in [5, 5.41) is 15.2. The lowest BCUT2D eigenvalue weighted by molar-refractivity contribution is -0.139. The lowest BCUT2D eigenvalue weighted by Gasteiger charge is -2.12. The highest BCUT2D eigenvalue weighted by Crippen LogP contribution is 2.08. The number of carboxylic acid groups (broad SMARTS) is 1. The van der Waals surface area contributed by atoms with E-state index in [1.54, 1.807) is 6.92 Å². The summed E-state index contributed by atoms with van der Waals surface area (Å²) < 4.78 is 1.39. The molecule has 20 heavy (non-hydrogen) atoms. The van der Waals surface area contributed by atoms with Crippen molar-refractivity contribution in [3.63, 3.8) is 0 Å². The maximum Gasteiger partial charge on any atom is 0.327 e. The molecule has 2 N–H and O–H groups in total. The zero-order valence-electron chi connectivity index (χ0n) is 10.6. The maximum atomic E-state index is 12.1. The number of terminal acetylenes is 1. The van der Waals surface area contributed by atoms with Crippen LogP contribution in [0.2, 0.25) is 0 Å². The van der Waals surface area contributed by atoms with Gasteiger partial charge < -0.3 is 10.4 Å². The van der Waals surface area contributed by atoms with Crippen LogP contribution in [0.4, 0.5) is 0 Å². The second kappa shape index (κ2) is 5.36. The summed E-state index contributed by atoms with van der Waals surface area (Å²) in [4.78, 5) is 30.9. The molecule has 2 heterocycles. The van der Waals surface area contributed by atoms with Gasteiger partial charge in [0.2, 0.25) is 0 Å². The van der Waals surface area contributed by atoms with Crippen LogP contribution in [0, 0.1) is 19.3 Å². The minimum absolute atomic E-state index is 0.0981. The van der Waals surface area contributed by atoms with Gasteiger partial charge >= 0.3 is 5.97 Å². The van der Waals surface area contributed by atoms with Crippen molar-refractivity contribution in [2.24, 2.45) is 0 Å². The Morgan fingerprint density at radius 1 is 1.55 bits per heavy atom. The molecule has 0 aliphatic carbocycles. The molecular formula is C12H11N5O3. The van der Waals surface area contributed by atoms with Gasteiger partial charge in [-0.05, 0) is 6.92 Å². The molecule has 0 aliphatic heterocycles. The van der Waals surface area contributed by atoms with Gasteiger partial charge in [0, 0.05) is 12.6 Å². The monoisotopic (exact) mass is 273 g/mol. The Morgan fingerprint density at radius 3 is 2.95 bits per heavy atom. The number of carbonyl (C=O) groups excluding carboxylic acids is 1. The Balaban J connectivity index is 2.29. The average molecular weight is 273 g/mol. The Morgan fingerprint density at radius 2 is 2.30 bits per heavy atom. The Labute approximate surface area is 113 Å². The fourth-order valence-electron chi connectivity index (χ4n) is 1.67. The highest BCUT2D eigenvalue weighted by molar-refractivity contribution is 5.97. The van der Waals surface area contributed by atoms with Crippen molar-refractivity contribution in [2.45, 2.75) is 19.4 Å². The van der Waals surface area contributed by atoms with E-state index in [-0.39, 0.29) is 12.0 Å². The number of nitrogens with zero attached hydrogens (tertiary/aromatic N) is 4. The number of hydrogen-bond donors (Lipinski definition) is 2. The molecule has 0 bridgehead atoms. The van der Waals surface area contributed by atoms with E-state index in [1.165, 1.54) is 17.0 Å². The minimum atomic E-state index is -1.19. The molecular weight excluding hydrogens is 262 g/mol. The lowest BCUT2D eigenvalue weighted by atomic mass is 10.1.